The second kappa shape index (κ2) is 51.5. The Balaban J connectivity index is 3.36. The van der Waals surface area contributed by atoms with Crippen LogP contribution in [0.2, 0.25) is 0 Å². The Morgan fingerprint density at radius 3 is 1.00 bits per heavy atom. The van der Waals surface area contributed by atoms with E-state index in [9.17, 15) is 19.8 Å². The van der Waals surface area contributed by atoms with E-state index in [1.807, 2.05) is 0 Å². The fourth-order valence-electron chi connectivity index (χ4n) is 8.88. The molecule has 0 spiro atoms. The number of ether oxygens (including phenoxy) is 1. The number of carbonyl (C=O) groups is 2. The van der Waals surface area contributed by atoms with Crippen molar-refractivity contribution in [3.8, 4) is 0 Å². The highest BCUT2D eigenvalue weighted by molar-refractivity contribution is 5.76. The fraction of sp³-hybridized carbons (Fsp3) is 0.964. The van der Waals surface area contributed by atoms with Crippen molar-refractivity contribution in [2.45, 2.75) is 328 Å². The minimum Gasteiger partial charge on any atom is -0.466 e. The number of carbonyl (C=O) groups excluding carboxylic acids is 2. The molecule has 61 heavy (non-hydrogen) atoms. The normalized spacial score (nSPS) is 12.5. The highest BCUT2D eigenvalue weighted by Gasteiger charge is 2.20. The Bertz CT molecular complexity index is 867. The van der Waals surface area contributed by atoms with E-state index in [1.165, 1.54) is 244 Å². The predicted molar refractivity (Wildman–Crippen MR) is 264 cm³/mol. The summed E-state index contributed by atoms with van der Waals surface area (Å²) in [7, 11) is 0. The number of unbranched alkanes of at least 4 members (excludes halogenated alkanes) is 41. The van der Waals surface area contributed by atoms with Crippen LogP contribution in [0.15, 0.2) is 0 Å². The molecule has 0 heterocycles. The number of esters is 1. The van der Waals surface area contributed by atoms with E-state index in [-0.39, 0.29) is 18.5 Å². The molecule has 6 heteroatoms. The average Bonchev–Trinajstić information content (AvgIpc) is 3.26. The molecule has 0 bridgehead atoms. The van der Waals surface area contributed by atoms with Crippen LogP contribution in [0.3, 0.4) is 0 Å². The first-order valence-corrected chi connectivity index (χ1v) is 27.8. The largest absolute Gasteiger partial charge is 0.466 e. The van der Waals surface area contributed by atoms with Crippen LogP contribution in [0.1, 0.15) is 316 Å². The third kappa shape index (κ3) is 48.2. The second-order valence-corrected chi connectivity index (χ2v) is 19.3. The van der Waals surface area contributed by atoms with Gasteiger partial charge in [0.15, 0.2) is 0 Å². The van der Waals surface area contributed by atoms with E-state index >= 15 is 0 Å². The van der Waals surface area contributed by atoms with Crippen LogP contribution in [0, 0.1) is 0 Å². The summed E-state index contributed by atoms with van der Waals surface area (Å²) in [6, 6.07) is -0.542. The van der Waals surface area contributed by atoms with Gasteiger partial charge >= 0.3 is 5.97 Å². The van der Waals surface area contributed by atoms with E-state index in [1.54, 1.807) is 0 Å². The molecule has 0 saturated carbocycles. The lowest BCUT2D eigenvalue weighted by molar-refractivity contribution is -0.143. The van der Waals surface area contributed by atoms with E-state index < -0.39 is 12.1 Å². The summed E-state index contributed by atoms with van der Waals surface area (Å²) in [4.78, 5) is 24.5. The van der Waals surface area contributed by atoms with Gasteiger partial charge in [0.2, 0.25) is 5.91 Å². The quantitative estimate of drug-likeness (QED) is 0.0418. The van der Waals surface area contributed by atoms with Crippen molar-refractivity contribution >= 4 is 11.9 Å². The number of aliphatic hydroxyl groups excluding tert-OH is 2. The van der Waals surface area contributed by atoms with Gasteiger partial charge in [0.25, 0.3) is 0 Å². The van der Waals surface area contributed by atoms with Crippen LogP contribution in [-0.4, -0.2) is 47.4 Å². The first-order valence-electron chi connectivity index (χ1n) is 27.8. The topological polar surface area (TPSA) is 95.9 Å². The third-order valence-corrected chi connectivity index (χ3v) is 13.2. The molecule has 3 N–H and O–H groups in total. The minimum absolute atomic E-state index is 0.00981. The van der Waals surface area contributed by atoms with Crippen molar-refractivity contribution < 1.29 is 24.5 Å². The molecule has 0 saturated heterocycles. The number of amides is 1. The van der Waals surface area contributed by atoms with Crippen LogP contribution in [0.5, 0.6) is 0 Å². The number of hydrogen-bond donors (Lipinski definition) is 3. The van der Waals surface area contributed by atoms with Crippen molar-refractivity contribution in [1.29, 1.82) is 0 Å². The first-order chi connectivity index (χ1) is 30.0. The maximum Gasteiger partial charge on any atom is 0.305 e. The van der Waals surface area contributed by atoms with E-state index in [4.69, 9.17) is 4.74 Å². The number of nitrogens with one attached hydrogen (secondary N) is 1. The lowest BCUT2D eigenvalue weighted by Gasteiger charge is -2.22. The van der Waals surface area contributed by atoms with Crippen molar-refractivity contribution in [3.05, 3.63) is 0 Å². The van der Waals surface area contributed by atoms with Gasteiger partial charge in [0.05, 0.1) is 25.4 Å². The molecule has 0 aromatic rings. The summed E-state index contributed by atoms with van der Waals surface area (Å²) in [5.41, 5.74) is 0. The molecule has 1 amide bonds. The van der Waals surface area contributed by atoms with Gasteiger partial charge < -0.3 is 20.3 Å². The Hall–Kier alpha value is -1.14. The summed E-state index contributed by atoms with van der Waals surface area (Å²) >= 11 is 0. The Morgan fingerprint density at radius 1 is 0.393 bits per heavy atom. The molecule has 364 valence electrons. The van der Waals surface area contributed by atoms with Gasteiger partial charge in [-0.2, -0.15) is 0 Å². The molecule has 2 unspecified atom stereocenters. The van der Waals surface area contributed by atoms with Crippen molar-refractivity contribution in [3.63, 3.8) is 0 Å². The second-order valence-electron chi connectivity index (χ2n) is 19.3. The number of rotatable bonds is 52. The van der Waals surface area contributed by atoms with Gasteiger partial charge in [-0.1, -0.05) is 277 Å². The Kier molecular flexibility index (Phi) is 50.5. The SMILES string of the molecule is CCCCCCCCCCCCCCCCCCCC(=O)OCCCCCCCCCCCCCCCCCCCC(=O)NC(CO)C(O)CCCCCCCCCCCC. The highest BCUT2D eigenvalue weighted by Crippen LogP contribution is 2.18. The van der Waals surface area contributed by atoms with Gasteiger partial charge in [-0.3, -0.25) is 9.59 Å². The molecule has 6 nitrogen and oxygen atoms in total. The van der Waals surface area contributed by atoms with E-state index in [2.05, 4.69) is 19.2 Å². The standard InChI is InChI=1S/C55H109NO5/c1-3-5-7-9-11-13-15-16-17-19-23-26-29-33-37-41-45-49-55(60)61-50-46-42-38-34-30-27-24-21-18-20-22-25-28-32-36-40-44-48-54(59)56-52(51-57)53(58)47-43-39-35-31-14-12-10-8-6-4-2/h52-53,57-58H,3-51H2,1-2H3,(H,56,59). The maximum absolute atomic E-state index is 12.4. The van der Waals surface area contributed by atoms with Gasteiger partial charge in [-0.25, -0.2) is 0 Å². The minimum atomic E-state index is -0.664. The zero-order valence-electron chi connectivity index (χ0n) is 41.4. The smallest absolute Gasteiger partial charge is 0.305 e. The molecule has 0 aromatic carbocycles. The van der Waals surface area contributed by atoms with Crippen molar-refractivity contribution in [2.75, 3.05) is 13.2 Å². The molecule has 0 rings (SSSR count). The number of aliphatic hydroxyl groups is 2. The van der Waals surface area contributed by atoms with Gasteiger partial charge in [0.1, 0.15) is 0 Å². The molecule has 0 aliphatic rings. The molecule has 0 aromatic heterocycles. The van der Waals surface area contributed by atoms with Crippen LogP contribution >= 0.6 is 0 Å². The Morgan fingerprint density at radius 2 is 0.672 bits per heavy atom. The van der Waals surface area contributed by atoms with Gasteiger partial charge in [-0.05, 0) is 25.7 Å². The average molecular weight is 864 g/mol. The maximum atomic E-state index is 12.4. The molecule has 0 aliphatic carbocycles. The summed E-state index contributed by atoms with van der Waals surface area (Å²) in [6.07, 6.45) is 58.0. The highest BCUT2D eigenvalue weighted by atomic mass is 16.5. The summed E-state index contributed by atoms with van der Waals surface area (Å²) in [6.45, 7) is 4.95. The van der Waals surface area contributed by atoms with Crippen LogP contribution in [-0.2, 0) is 14.3 Å². The van der Waals surface area contributed by atoms with E-state index in [0.29, 0.717) is 25.9 Å². The lowest BCUT2D eigenvalue weighted by atomic mass is 10.0. The van der Waals surface area contributed by atoms with Gasteiger partial charge in [-0.15, -0.1) is 0 Å². The molecular formula is C55H109NO5. The van der Waals surface area contributed by atoms with Crippen LogP contribution < -0.4 is 5.32 Å². The molecule has 0 radical (unpaired) electrons. The summed E-state index contributed by atoms with van der Waals surface area (Å²) in [5.74, 6) is -0.0305. The van der Waals surface area contributed by atoms with Crippen LogP contribution in [0.25, 0.3) is 0 Å². The van der Waals surface area contributed by atoms with Crippen molar-refractivity contribution in [2.24, 2.45) is 0 Å². The molecule has 2 atom stereocenters. The van der Waals surface area contributed by atoms with Gasteiger partial charge in [0, 0.05) is 12.8 Å². The molecular weight excluding hydrogens is 755 g/mol. The Labute approximate surface area is 381 Å². The monoisotopic (exact) mass is 864 g/mol. The molecule has 0 fully saturated rings. The molecule has 0 aliphatic heterocycles. The third-order valence-electron chi connectivity index (χ3n) is 13.2. The number of hydrogen-bond acceptors (Lipinski definition) is 5. The van der Waals surface area contributed by atoms with E-state index in [0.717, 1.165) is 38.5 Å². The zero-order valence-corrected chi connectivity index (χ0v) is 41.4. The summed E-state index contributed by atoms with van der Waals surface area (Å²) < 4.78 is 5.49. The van der Waals surface area contributed by atoms with Crippen LogP contribution in [0.4, 0.5) is 0 Å². The first kappa shape index (κ1) is 59.9. The fourth-order valence-corrected chi connectivity index (χ4v) is 8.88. The predicted octanol–water partition coefficient (Wildman–Crippen LogP) is 16.7. The van der Waals surface area contributed by atoms with Crippen molar-refractivity contribution in [1.82, 2.24) is 5.32 Å². The summed E-state index contributed by atoms with van der Waals surface area (Å²) in [5, 5.41) is 23.1. The zero-order chi connectivity index (χ0) is 44.4. The lowest BCUT2D eigenvalue weighted by Crippen LogP contribution is -2.45.